The number of amides is 1. The highest BCUT2D eigenvalue weighted by molar-refractivity contribution is 7.99. The molecule has 1 unspecified atom stereocenters. The van der Waals surface area contributed by atoms with E-state index in [9.17, 15) is 9.59 Å². The van der Waals surface area contributed by atoms with Crippen LogP contribution in [0.2, 0.25) is 0 Å². The maximum atomic E-state index is 11.6. The fourth-order valence-electron chi connectivity index (χ4n) is 1.96. The van der Waals surface area contributed by atoms with Crippen molar-refractivity contribution in [3.8, 4) is 0 Å². The van der Waals surface area contributed by atoms with Crippen LogP contribution in [0.5, 0.6) is 0 Å². The molecule has 0 aliphatic carbocycles. The maximum Gasteiger partial charge on any atom is 0.227 e. The van der Waals surface area contributed by atoms with Gasteiger partial charge in [0.1, 0.15) is 5.78 Å². The molecule has 1 amide bonds. The summed E-state index contributed by atoms with van der Waals surface area (Å²) in [6.07, 6.45) is 0.900. The molecule has 1 aromatic carbocycles. The lowest BCUT2D eigenvalue weighted by Gasteiger charge is -2.25. The summed E-state index contributed by atoms with van der Waals surface area (Å²) < 4.78 is 0. The summed E-state index contributed by atoms with van der Waals surface area (Å²) in [5.74, 6) is 0.729. The first kappa shape index (κ1) is 12.2. The standard InChI is InChI=1S/C13H15NO2S/c1-9(15)8-13(16)14-11-6-7-17-12-5-3-2-4-10(11)12/h2-5,11H,6-8H2,1H3,(H,14,16). The van der Waals surface area contributed by atoms with Crippen LogP contribution in [0.15, 0.2) is 29.2 Å². The molecule has 0 fully saturated rings. The number of nitrogens with one attached hydrogen (secondary N) is 1. The van der Waals surface area contributed by atoms with E-state index in [-0.39, 0.29) is 24.2 Å². The predicted molar refractivity (Wildman–Crippen MR) is 68.0 cm³/mol. The lowest BCUT2D eigenvalue weighted by Crippen LogP contribution is -2.31. The number of thioether (sulfide) groups is 1. The minimum Gasteiger partial charge on any atom is -0.349 e. The summed E-state index contributed by atoms with van der Waals surface area (Å²) in [5, 5.41) is 2.93. The molecule has 1 N–H and O–H groups in total. The van der Waals surface area contributed by atoms with E-state index in [0.29, 0.717) is 0 Å². The first-order valence-corrected chi connectivity index (χ1v) is 6.66. The Kier molecular flexibility index (Phi) is 3.84. The fraction of sp³-hybridized carbons (Fsp3) is 0.385. The monoisotopic (exact) mass is 249 g/mol. The average molecular weight is 249 g/mol. The SMILES string of the molecule is CC(=O)CC(=O)NC1CCSc2ccccc21. The van der Waals surface area contributed by atoms with Gasteiger partial charge in [0.2, 0.25) is 5.91 Å². The normalized spacial score (nSPS) is 18.3. The van der Waals surface area contributed by atoms with E-state index >= 15 is 0 Å². The van der Waals surface area contributed by atoms with E-state index in [1.165, 1.54) is 17.4 Å². The third kappa shape index (κ3) is 3.09. The number of fused-ring (bicyclic) bond motifs is 1. The minimum atomic E-state index is -0.177. The molecule has 3 nitrogen and oxygen atoms in total. The molecule has 90 valence electrons. The van der Waals surface area contributed by atoms with Gasteiger partial charge in [0, 0.05) is 10.6 Å². The van der Waals surface area contributed by atoms with Crippen LogP contribution in [-0.4, -0.2) is 17.4 Å². The van der Waals surface area contributed by atoms with Crippen molar-refractivity contribution in [2.24, 2.45) is 0 Å². The second kappa shape index (κ2) is 5.36. The third-order valence-electron chi connectivity index (χ3n) is 2.70. The van der Waals surface area contributed by atoms with E-state index in [4.69, 9.17) is 0 Å². The molecular formula is C13H15NO2S. The molecule has 1 aliphatic heterocycles. The van der Waals surface area contributed by atoms with Crippen molar-refractivity contribution in [1.82, 2.24) is 5.32 Å². The Balaban J connectivity index is 2.08. The van der Waals surface area contributed by atoms with Crippen molar-refractivity contribution in [3.63, 3.8) is 0 Å². The highest BCUT2D eigenvalue weighted by atomic mass is 32.2. The molecule has 0 saturated heterocycles. The molecule has 17 heavy (non-hydrogen) atoms. The van der Waals surface area contributed by atoms with Gasteiger partial charge in [-0.1, -0.05) is 18.2 Å². The Morgan fingerprint density at radius 1 is 1.41 bits per heavy atom. The molecule has 0 spiro atoms. The van der Waals surface area contributed by atoms with Crippen LogP contribution >= 0.6 is 11.8 Å². The van der Waals surface area contributed by atoms with Gasteiger partial charge in [-0.25, -0.2) is 0 Å². The van der Waals surface area contributed by atoms with Gasteiger partial charge in [0.25, 0.3) is 0 Å². The minimum absolute atomic E-state index is 0.0220. The van der Waals surface area contributed by atoms with E-state index in [0.717, 1.165) is 12.2 Å². The second-order valence-corrected chi connectivity index (χ2v) is 5.31. The van der Waals surface area contributed by atoms with Gasteiger partial charge in [-0.2, -0.15) is 0 Å². The second-order valence-electron chi connectivity index (χ2n) is 4.17. The lowest BCUT2D eigenvalue weighted by atomic mass is 10.0. The van der Waals surface area contributed by atoms with Gasteiger partial charge in [-0.05, 0) is 25.0 Å². The van der Waals surface area contributed by atoms with Crippen LogP contribution in [0.1, 0.15) is 31.4 Å². The van der Waals surface area contributed by atoms with Crippen LogP contribution in [-0.2, 0) is 9.59 Å². The van der Waals surface area contributed by atoms with E-state index in [1.54, 1.807) is 0 Å². The molecule has 0 aromatic heterocycles. The summed E-state index contributed by atoms with van der Waals surface area (Å²) in [7, 11) is 0. The Morgan fingerprint density at radius 3 is 2.94 bits per heavy atom. The summed E-state index contributed by atoms with van der Waals surface area (Å²) >= 11 is 1.82. The molecule has 0 saturated carbocycles. The van der Waals surface area contributed by atoms with Crippen LogP contribution in [0, 0.1) is 0 Å². The fourth-order valence-corrected chi connectivity index (χ4v) is 3.09. The number of hydrogen-bond donors (Lipinski definition) is 1. The van der Waals surface area contributed by atoms with Crippen molar-refractivity contribution in [1.29, 1.82) is 0 Å². The largest absolute Gasteiger partial charge is 0.349 e. The number of benzene rings is 1. The molecule has 2 rings (SSSR count). The highest BCUT2D eigenvalue weighted by Gasteiger charge is 2.21. The van der Waals surface area contributed by atoms with Crippen molar-refractivity contribution in [3.05, 3.63) is 29.8 Å². The molecular weight excluding hydrogens is 234 g/mol. The zero-order valence-electron chi connectivity index (χ0n) is 9.73. The first-order chi connectivity index (χ1) is 8.16. The molecule has 1 aliphatic rings. The Bertz CT molecular complexity index is 445. The number of Topliss-reactive ketones (excluding diaryl/α,β-unsaturated/α-hetero) is 1. The van der Waals surface area contributed by atoms with Gasteiger partial charge < -0.3 is 5.32 Å². The number of ketones is 1. The number of hydrogen-bond acceptors (Lipinski definition) is 3. The van der Waals surface area contributed by atoms with Crippen molar-refractivity contribution in [2.45, 2.75) is 30.7 Å². The lowest BCUT2D eigenvalue weighted by molar-refractivity contribution is -0.127. The Labute approximate surface area is 105 Å². The van der Waals surface area contributed by atoms with Gasteiger partial charge in [0.15, 0.2) is 0 Å². The topological polar surface area (TPSA) is 46.2 Å². The Morgan fingerprint density at radius 2 is 2.18 bits per heavy atom. The smallest absolute Gasteiger partial charge is 0.227 e. The van der Waals surface area contributed by atoms with E-state index < -0.39 is 0 Å². The number of carbonyl (C=O) groups is 2. The first-order valence-electron chi connectivity index (χ1n) is 5.67. The van der Waals surface area contributed by atoms with Crippen LogP contribution in [0.3, 0.4) is 0 Å². The van der Waals surface area contributed by atoms with Gasteiger partial charge in [-0.15, -0.1) is 11.8 Å². The zero-order chi connectivity index (χ0) is 12.3. The molecule has 4 heteroatoms. The molecule has 0 bridgehead atoms. The Hall–Kier alpha value is -1.29. The van der Waals surface area contributed by atoms with Crippen LogP contribution < -0.4 is 5.32 Å². The maximum absolute atomic E-state index is 11.6. The van der Waals surface area contributed by atoms with Crippen molar-refractivity contribution < 1.29 is 9.59 Å². The summed E-state index contributed by atoms with van der Waals surface area (Å²) in [6, 6.07) is 8.16. The highest BCUT2D eigenvalue weighted by Crippen LogP contribution is 2.35. The van der Waals surface area contributed by atoms with E-state index in [2.05, 4.69) is 11.4 Å². The number of rotatable bonds is 3. The predicted octanol–water partition coefficient (Wildman–Crippen LogP) is 2.32. The van der Waals surface area contributed by atoms with E-state index in [1.807, 2.05) is 30.0 Å². The summed E-state index contributed by atoms with van der Waals surface area (Å²) in [6.45, 7) is 1.43. The van der Waals surface area contributed by atoms with Gasteiger partial charge >= 0.3 is 0 Å². The van der Waals surface area contributed by atoms with Crippen LogP contribution in [0.25, 0.3) is 0 Å². The third-order valence-corrected chi connectivity index (χ3v) is 3.83. The van der Waals surface area contributed by atoms with Crippen molar-refractivity contribution in [2.75, 3.05) is 5.75 Å². The summed E-state index contributed by atoms with van der Waals surface area (Å²) in [4.78, 5) is 23.7. The summed E-state index contributed by atoms with van der Waals surface area (Å²) in [5.41, 5.74) is 1.17. The molecule has 1 aromatic rings. The molecule has 1 atom stereocenters. The zero-order valence-corrected chi connectivity index (χ0v) is 10.5. The number of carbonyl (C=O) groups excluding carboxylic acids is 2. The quantitative estimate of drug-likeness (QED) is 0.836. The van der Waals surface area contributed by atoms with Crippen molar-refractivity contribution >= 4 is 23.5 Å². The van der Waals surface area contributed by atoms with Crippen LogP contribution in [0.4, 0.5) is 0 Å². The molecule has 0 radical (unpaired) electrons. The molecule has 1 heterocycles. The van der Waals surface area contributed by atoms with Gasteiger partial charge in [0.05, 0.1) is 12.5 Å². The average Bonchev–Trinajstić information content (AvgIpc) is 2.28. The van der Waals surface area contributed by atoms with Gasteiger partial charge in [-0.3, -0.25) is 9.59 Å².